The highest BCUT2D eigenvalue weighted by Crippen LogP contribution is 2.47. The molecule has 9 rings (SSSR count). The van der Waals surface area contributed by atoms with Crippen molar-refractivity contribution in [3.63, 3.8) is 0 Å². The number of halogens is 2. The number of hydrogen-bond acceptors (Lipinski definition) is 9. The lowest BCUT2D eigenvalue weighted by Crippen LogP contribution is -2.52. The molecule has 2 unspecified atom stereocenters. The summed E-state index contributed by atoms with van der Waals surface area (Å²) in [5.74, 6) is -2.76. The smallest absolute Gasteiger partial charge is 0.311 e. The molecule has 0 radical (unpaired) electrons. The molecule has 10 nitrogen and oxygen atoms in total. The van der Waals surface area contributed by atoms with Crippen LogP contribution in [0, 0.1) is 36.3 Å². The van der Waals surface area contributed by atoms with Crippen LogP contribution in [0.4, 0.5) is 14.6 Å². The highest BCUT2D eigenvalue weighted by Gasteiger charge is 2.48. The minimum atomic E-state index is -4.28. The number of H-pyrrole nitrogens is 1. The fourth-order valence-electron chi connectivity index (χ4n) is 7.49. The first-order valence-corrected chi connectivity index (χ1v) is 17.5. The van der Waals surface area contributed by atoms with E-state index in [0.29, 0.717) is 11.0 Å². The molecule has 250 valence electrons. The second kappa shape index (κ2) is 11.8. The lowest BCUT2D eigenvalue weighted by atomic mass is 9.61. The Morgan fingerprint density at radius 3 is 2.47 bits per heavy atom. The highest BCUT2D eigenvalue weighted by molar-refractivity contribution is 7.91. The third kappa shape index (κ3) is 5.23. The standard InChI is InChI=1S/C36H31F2N5O5S/c1-18-7-13-23(14-8-18)49(45,46)35-28(24-16-22(37)17-39-32(24)43-35)33-41-31(26-15-21-5-3-4-6-25(21)48-26)29(38)34(42-33)40-30-20-11-9-19(10-12-20)27(30)36(44)47-2/h3-8,13-17,19-20,27,30H,9-12H2,1-2H3,(H,39,43)(H,40,41,42). The molecular formula is C36H31F2N5O5S. The number of benzene rings is 2. The summed E-state index contributed by atoms with van der Waals surface area (Å²) < 4.78 is 71.1. The second-order valence-corrected chi connectivity index (χ2v) is 14.7. The maximum atomic E-state index is 16.8. The van der Waals surface area contributed by atoms with Gasteiger partial charge in [0.2, 0.25) is 9.84 Å². The second-order valence-electron chi connectivity index (χ2n) is 12.8. The molecular weight excluding hydrogens is 652 g/mol. The van der Waals surface area contributed by atoms with E-state index < -0.39 is 33.4 Å². The van der Waals surface area contributed by atoms with Crippen LogP contribution in [-0.2, 0) is 19.4 Å². The first-order chi connectivity index (χ1) is 23.6. The van der Waals surface area contributed by atoms with Gasteiger partial charge in [0, 0.05) is 16.8 Å². The number of sulfone groups is 1. The van der Waals surface area contributed by atoms with Gasteiger partial charge in [0.05, 0.1) is 29.7 Å². The number of aryl methyl sites for hydroxylation is 1. The van der Waals surface area contributed by atoms with Crippen molar-refractivity contribution >= 4 is 43.6 Å². The quantitative estimate of drug-likeness (QED) is 0.167. The van der Waals surface area contributed by atoms with Crippen molar-refractivity contribution in [1.82, 2.24) is 19.9 Å². The topological polar surface area (TPSA) is 140 Å². The number of pyridine rings is 1. The summed E-state index contributed by atoms with van der Waals surface area (Å²) in [6.07, 6.45) is 4.38. The first kappa shape index (κ1) is 31.1. The first-order valence-electron chi connectivity index (χ1n) is 16.0. The summed E-state index contributed by atoms with van der Waals surface area (Å²) in [4.78, 5) is 29.1. The van der Waals surface area contributed by atoms with Crippen LogP contribution in [0.5, 0.6) is 0 Å². The largest absolute Gasteiger partial charge is 0.469 e. The molecule has 3 aliphatic carbocycles. The number of fused-ring (bicyclic) bond motifs is 5. The molecule has 49 heavy (non-hydrogen) atoms. The van der Waals surface area contributed by atoms with E-state index in [9.17, 15) is 17.6 Å². The Balaban J connectivity index is 1.37. The van der Waals surface area contributed by atoms with Crippen molar-refractivity contribution in [2.75, 3.05) is 12.4 Å². The molecule has 2 N–H and O–H groups in total. The molecule has 4 aromatic heterocycles. The van der Waals surface area contributed by atoms with E-state index in [2.05, 4.69) is 25.3 Å². The van der Waals surface area contributed by atoms with Crippen LogP contribution in [-0.4, -0.2) is 47.5 Å². The van der Waals surface area contributed by atoms with Crippen LogP contribution in [0.1, 0.15) is 31.2 Å². The summed E-state index contributed by atoms with van der Waals surface area (Å²) in [7, 11) is -2.95. The van der Waals surface area contributed by atoms with Crippen molar-refractivity contribution in [2.45, 2.75) is 48.6 Å². The van der Waals surface area contributed by atoms with Crippen molar-refractivity contribution in [3.8, 4) is 22.8 Å². The lowest BCUT2D eigenvalue weighted by Gasteiger charge is -2.47. The van der Waals surface area contributed by atoms with Gasteiger partial charge >= 0.3 is 5.97 Å². The van der Waals surface area contributed by atoms with E-state index in [-0.39, 0.29) is 67.4 Å². The van der Waals surface area contributed by atoms with Gasteiger partial charge in [-0.15, -0.1) is 0 Å². The number of anilines is 1. The Hall–Kier alpha value is -5.17. The van der Waals surface area contributed by atoms with Gasteiger partial charge in [-0.3, -0.25) is 4.79 Å². The molecule has 6 aromatic rings. The van der Waals surface area contributed by atoms with Crippen LogP contribution < -0.4 is 5.32 Å². The zero-order valence-corrected chi connectivity index (χ0v) is 27.4. The van der Waals surface area contributed by atoms with E-state index >= 15 is 4.39 Å². The van der Waals surface area contributed by atoms with Gasteiger partial charge in [-0.25, -0.2) is 32.2 Å². The van der Waals surface area contributed by atoms with Crippen LogP contribution >= 0.6 is 0 Å². The molecule has 3 fully saturated rings. The number of hydrogen-bond donors (Lipinski definition) is 2. The van der Waals surface area contributed by atoms with Gasteiger partial charge in [-0.2, -0.15) is 0 Å². The zero-order chi connectivity index (χ0) is 34.0. The summed E-state index contributed by atoms with van der Waals surface area (Å²) >= 11 is 0. The third-order valence-electron chi connectivity index (χ3n) is 9.91. The average molecular weight is 684 g/mol. The summed E-state index contributed by atoms with van der Waals surface area (Å²) in [6.45, 7) is 1.83. The van der Waals surface area contributed by atoms with E-state index in [1.165, 1.54) is 19.2 Å². The van der Waals surface area contributed by atoms with Gasteiger partial charge in [0.15, 0.2) is 28.2 Å². The molecule has 0 amide bonds. The Labute approximate surface area is 279 Å². The van der Waals surface area contributed by atoms with Gasteiger partial charge in [0.1, 0.15) is 22.7 Å². The highest BCUT2D eigenvalue weighted by atomic mass is 32.2. The number of ether oxygens (including phenoxy) is 1. The minimum Gasteiger partial charge on any atom is -0.469 e. The molecule has 13 heteroatoms. The van der Waals surface area contributed by atoms with Crippen molar-refractivity contribution < 1.29 is 31.1 Å². The molecule has 0 aliphatic heterocycles. The van der Waals surface area contributed by atoms with Crippen molar-refractivity contribution in [1.29, 1.82) is 0 Å². The average Bonchev–Trinajstić information content (AvgIpc) is 3.72. The van der Waals surface area contributed by atoms with Gasteiger partial charge < -0.3 is 19.5 Å². The maximum Gasteiger partial charge on any atom is 0.311 e. The van der Waals surface area contributed by atoms with Gasteiger partial charge in [0.25, 0.3) is 0 Å². The number of rotatable bonds is 7. The Morgan fingerprint density at radius 2 is 1.73 bits per heavy atom. The van der Waals surface area contributed by atoms with Crippen molar-refractivity contribution in [3.05, 3.63) is 84.1 Å². The molecule has 2 aromatic carbocycles. The Kier molecular flexibility index (Phi) is 7.47. The monoisotopic (exact) mass is 683 g/mol. The number of carbonyl (C=O) groups is 1. The Morgan fingerprint density at radius 1 is 1.00 bits per heavy atom. The number of para-hydroxylation sites is 1. The third-order valence-corrected chi connectivity index (χ3v) is 11.6. The molecule has 4 heterocycles. The predicted molar refractivity (Wildman–Crippen MR) is 177 cm³/mol. The summed E-state index contributed by atoms with van der Waals surface area (Å²) in [5, 5.41) is 3.68. The van der Waals surface area contributed by atoms with E-state index in [4.69, 9.17) is 9.15 Å². The number of methoxy groups -OCH3 is 1. The Bertz CT molecular complexity index is 2330. The molecule has 0 saturated heterocycles. The van der Waals surface area contributed by atoms with Gasteiger partial charge in [-0.05, 0) is 74.8 Å². The molecule has 3 saturated carbocycles. The maximum absolute atomic E-state index is 16.8. The van der Waals surface area contributed by atoms with Crippen LogP contribution in [0.25, 0.3) is 44.8 Å². The predicted octanol–water partition coefficient (Wildman–Crippen LogP) is 7.24. The number of aromatic nitrogens is 4. The summed E-state index contributed by atoms with van der Waals surface area (Å²) in [6, 6.07) is 15.7. The number of nitrogens with one attached hydrogen (secondary N) is 2. The zero-order valence-electron chi connectivity index (χ0n) is 26.5. The molecule has 3 aliphatic rings. The minimum absolute atomic E-state index is 0.0245. The molecule has 2 bridgehead atoms. The number of aromatic amines is 1. The number of esters is 1. The lowest BCUT2D eigenvalue weighted by molar-refractivity contribution is -0.152. The number of furan rings is 1. The van der Waals surface area contributed by atoms with E-state index in [0.717, 1.165) is 43.5 Å². The van der Waals surface area contributed by atoms with E-state index in [1.54, 1.807) is 30.3 Å². The van der Waals surface area contributed by atoms with Crippen LogP contribution in [0.3, 0.4) is 0 Å². The normalized spacial score (nSPS) is 20.6. The molecule has 0 spiro atoms. The number of nitrogens with zero attached hydrogens (tertiary/aromatic N) is 3. The van der Waals surface area contributed by atoms with Crippen LogP contribution in [0.15, 0.2) is 81.2 Å². The van der Waals surface area contributed by atoms with E-state index in [1.807, 2.05) is 19.1 Å². The fourth-order valence-corrected chi connectivity index (χ4v) is 8.92. The van der Waals surface area contributed by atoms with Gasteiger partial charge in [-0.1, -0.05) is 35.9 Å². The summed E-state index contributed by atoms with van der Waals surface area (Å²) in [5.41, 5.74) is 1.09. The van der Waals surface area contributed by atoms with Crippen molar-refractivity contribution in [2.24, 2.45) is 17.8 Å². The SMILES string of the molecule is COC(=O)C1C2CCC(CC2)C1Nc1nc(-c2c(S(=O)(=O)c3ccc(C)cc3)[nH]c3ncc(F)cc23)nc(-c2cc3ccccc3o2)c1F. The fraction of sp³-hybridized carbons (Fsp3) is 0.278. The van der Waals surface area contributed by atoms with Crippen LogP contribution in [0.2, 0.25) is 0 Å². The molecule has 2 atom stereocenters. The number of carbonyl (C=O) groups excluding carboxylic acids is 1.